The van der Waals surface area contributed by atoms with Crippen LogP contribution >= 0.6 is 0 Å². The van der Waals surface area contributed by atoms with E-state index < -0.39 is 0 Å². The highest BCUT2D eigenvalue weighted by molar-refractivity contribution is 4.74. The number of hydrogen-bond donors (Lipinski definition) is 6. The van der Waals surface area contributed by atoms with Crippen LogP contribution in [0.5, 0.6) is 0 Å². The Balaban J connectivity index is -0.00000364. The van der Waals surface area contributed by atoms with Gasteiger partial charge in [0.25, 0.3) is 0 Å². The first-order chi connectivity index (χ1) is 13.4. The van der Waals surface area contributed by atoms with Crippen LogP contribution in [0.25, 0.3) is 0 Å². The number of aliphatic hydroxyl groups is 4. The smallest absolute Gasteiger partial charge is 0.0667 e. The molecule has 0 spiro atoms. The largest absolute Gasteiger partial charge is 0.392 e. The first kappa shape index (κ1) is 34.3. The standard InChI is InChI=1S/C22H48N2O4.2H3N/c1-5-9-19(25)15-23(16-20(26)10-6-2)13-14-24(17-21(27)11-7-3)18-22(28)12-8-4;;/h19-22,25-28H,5-18H2,1-4H3;2*1H3. The molecule has 0 fully saturated rings. The number of rotatable bonds is 19. The van der Waals surface area contributed by atoms with Gasteiger partial charge in [0.1, 0.15) is 0 Å². The minimum absolute atomic E-state index is 0. The van der Waals surface area contributed by atoms with E-state index in [1.807, 2.05) is 0 Å². The molecule has 0 heterocycles. The number of nitrogens with zero attached hydrogens (tertiary/aromatic N) is 2. The number of hydrogen-bond acceptors (Lipinski definition) is 8. The predicted molar refractivity (Wildman–Crippen MR) is 127 cm³/mol. The molecular weight excluding hydrogens is 384 g/mol. The SMILES string of the molecule is CCCC(O)CN(CCN(CC(O)CCC)CC(O)CCC)CC(O)CCC.N.N. The highest BCUT2D eigenvalue weighted by Gasteiger charge is 2.19. The Hall–Kier alpha value is -0.320. The first-order valence-corrected chi connectivity index (χ1v) is 11.5. The minimum atomic E-state index is -0.386. The average Bonchev–Trinajstić information content (AvgIpc) is 2.60. The summed E-state index contributed by atoms with van der Waals surface area (Å²) < 4.78 is 0. The zero-order valence-electron chi connectivity index (χ0n) is 20.3. The summed E-state index contributed by atoms with van der Waals surface area (Å²) >= 11 is 0. The van der Waals surface area contributed by atoms with Crippen LogP contribution in [0.15, 0.2) is 0 Å². The quantitative estimate of drug-likeness (QED) is 0.179. The monoisotopic (exact) mass is 438 g/mol. The van der Waals surface area contributed by atoms with Gasteiger partial charge in [-0.15, -0.1) is 0 Å². The molecule has 0 radical (unpaired) electrons. The van der Waals surface area contributed by atoms with Crippen LogP contribution in [0.1, 0.15) is 79.1 Å². The summed E-state index contributed by atoms with van der Waals surface area (Å²) in [6, 6.07) is 0. The molecule has 0 bridgehead atoms. The van der Waals surface area contributed by atoms with E-state index in [1.54, 1.807) is 0 Å². The zero-order chi connectivity index (χ0) is 21.4. The zero-order valence-corrected chi connectivity index (χ0v) is 20.3. The summed E-state index contributed by atoms with van der Waals surface area (Å²) in [6.45, 7) is 11.9. The second kappa shape index (κ2) is 21.9. The summed E-state index contributed by atoms with van der Waals surface area (Å²) in [5.41, 5.74) is 0. The van der Waals surface area contributed by atoms with E-state index in [-0.39, 0.29) is 36.7 Å². The molecule has 0 saturated heterocycles. The van der Waals surface area contributed by atoms with Crippen LogP contribution in [0.2, 0.25) is 0 Å². The normalized spacial score (nSPS) is 15.4. The lowest BCUT2D eigenvalue weighted by Crippen LogP contribution is -2.45. The van der Waals surface area contributed by atoms with Crippen LogP contribution in [-0.2, 0) is 0 Å². The van der Waals surface area contributed by atoms with Gasteiger partial charge in [0, 0.05) is 39.3 Å². The van der Waals surface area contributed by atoms with Crippen molar-refractivity contribution in [1.29, 1.82) is 0 Å². The molecule has 8 heteroatoms. The van der Waals surface area contributed by atoms with Crippen LogP contribution in [0.4, 0.5) is 0 Å². The Kier molecular flexibility index (Phi) is 25.0. The van der Waals surface area contributed by atoms with E-state index in [9.17, 15) is 20.4 Å². The number of aliphatic hydroxyl groups excluding tert-OH is 4. The third-order valence-corrected chi connectivity index (χ3v) is 5.10. The molecule has 0 aromatic rings. The lowest BCUT2D eigenvalue weighted by atomic mass is 10.1. The second-order valence-electron chi connectivity index (χ2n) is 8.29. The van der Waals surface area contributed by atoms with Crippen molar-refractivity contribution >= 4 is 0 Å². The fourth-order valence-corrected chi connectivity index (χ4v) is 3.69. The van der Waals surface area contributed by atoms with E-state index >= 15 is 0 Å². The second-order valence-corrected chi connectivity index (χ2v) is 8.29. The lowest BCUT2D eigenvalue weighted by Gasteiger charge is -2.32. The predicted octanol–water partition coefficient (Wildman–Crippen LogP) is 2.56. The molecular formula is C22H54N4O4. The summed E-state index contributed by atoms with van der Waals surface area (Å²) in [7, 11) is 0. The van der Waals surface area contributed by atoms with Gasteiger partial charge in [-0.25, -0.2) is 0 Å². The Morgan fingerprint density at radius 2 is 0.667 bits per heavy atom. The maximum atomic E-state index is 10.2. The van der Waals surface area contributed by atoms with Gasteiger partial charge in [-0.2, -0.15) is 0 Å². The van der Waals surface area contributed by atoms with Crippen LogP contribution in [0.3, 0.4) is 0 Å². The Morgan fingerprint density at radius 1 is 0.467 bits per heavy atom. The molecule has 0 aromatic carbocycles. The molecule has 0 aromatic heterocycles. The van der Waals surface area contributed by atoms with E-state index in [4.69, 9.17) is 0 Å². The van der Waals surface area contributed by atoms with E-state index in [1.165, 1.54) is 0 Å². The van der Waals surface area contributed by atoms with Crippen LogP contribution in [0, 0.1) is 0 Å². The summed E-state index contributed by atoms with van der Waals surface area (Å²) in [5.74, 6) is 0. The third kappa shape index (κ3) is 18.4. The van der Waals surface area contributed by atoms with Gasteiger partial charge < -0.3 is 32.7 Å². The third-order valence-electron chi connectivity index (χ3n) is 5.10. The highest BCUT2D eigenvalue weighted by atomic mass is 16.3. The fourth-order valence-electron chi connectivity index (χ4n) is 3.69. The molecule has 8 nitrogen and oxygen atoms in total. The van der Waals surface area contributed by atoms with Crippen LogP contribution in [-0.4, -0.2) is 93.9 Å². The highest BCUT2D eigenvalue weighted by Crippen LogP contribution is 2.08. The average molecular weight is 439 g/mol. The molecule has 10 N–H and O–H groups in total. The van der Waals surface area contributed by atoms with Crippen molar-refractivity contribution in [2.75, 3.05) is 39.3 Å². The molecule has 186 valence electrons. The molecule has 0 rings (SSSR count). The molecule has 0 aliphatic rings. The summed E-state index contributed by atoms with van der Waals surface area (Å²) in [5, 5.41) is 41.0. The van der Waals surface area contributed by atoms with E-state index in [2.05, 4.69) is 37.5 Å². The Bertz CT molecular complexity index is 293. The van der Waals surface area contributed by atoms with Gasteiger partial charge in [-0.3, -0.25) is 9.80 Å². The fraction of sp³-hybridized carbons (Fsp3) is 1.00. The summed E-state index contributed by atoms with van der Waals surface area (Å²) in [4.78, 5) is 4.26. The molecule has 0 amide bonds. The minimum Gasteiger partial charge on any atom is -0.392 e. The van der Waals surface area contributed by atoms with Crippen molar-refractivity contribution in [3.8, 4) is 0 Å². The summed E-state index contributed by atoms with van der Waals surface area (Å²) in [6.07, 6.45) is 5.23. The van der Waals surface area contributed by atoms with Crippen molar-refractivity contribution in [3.63, 3.8) is 0 Å². The molecule has 0 aliphatic carbocycles. The maximum Gasteiger partial charge on any atom is 0.0667 e. The van der Waals surface area contributed by atoms with Crippen molar-refractivity contribution in [3.05, 3.63) is 0 Å². The van der Waals surface area contributed by atoms with Crippen molar-refractivity contribution in [1.82, 2.24) is 22.1 Å². The molecule has 0 saturated carbocycles. The van der Waals surface area contributed by atoms with Crippen molar-refractivity contribution < 1.29 is 20.4 Å². The van der Waals surface area contributed by atoms with Crippen LogP contribution < -0.4 is 12.3 Å². The topological polar surface area (TPSA) is 157 Å². The van der Waals surface area contributed by atoms with Crippen molar-refractivity contribution in [2.45, 2.75) is 103 Å². The van der Waals surface area contributed by atoms with Gasteiger partial charge in [-0.05, 0) is 25.7 Å². The van der Waals surface area contributed by atoms with Gasteiger partial charge in [0.05, 0.1) is 24.4 Å². The maximum absolute atomic E-state index is 10.2. The molecule has 4 unspecified atom stereocenters. The van der Waals surface area contributed by atoms with E-state index in [0.717, 1.165) is 51.4 Å². The van der Waals surface area contributed by atoms with E-state index in [0.29, 0.717) is 39.3 Å². The molecule has 30 heavy (non-hydrogen) atoms. The molecule has 0 aliphatic heterocycles. The van der Waals surface area contributed by atoms with Gasteiger partial charge in [0.15, 0.2) is 0 Å². The Labute approximate surface area is 185 Å². The van der Waals surface area contributed by atoms with Gasteiger partial charge in [-0.1, -0.05) is 53.4 Å². The first-order valence-electron chi connectivity index (χ1n) is 11.5. The lowest BCUT2D eigenvalue weighted by molar-refractivity contribution is 0.0358. The van der Waals surface area contributed by atoms with Crippen molar-refractivity contribution in [2.24, 2.45) is 0 Å². The molecule has 4 atom stereocenters. The van der Waals surface area contributed by atoms with Gasteiger partial charge >= 0.3 is 0 Å². The Morgan fingerprint density at radius 3 is 0.833 bits per heavy atom. The van der Waals surface area contributed by atoms with Gasteiger partial charge in [0.2, 0.25) is 0 Å².